The molecule has 41 heavy (non-hydrogen) atoms. The SMILES string of the molecule is C=CCOC(=O)Nc1cccc([C@H]2O[C@@H](CN(C)[C@H](C)[C@@H](O)c3ccccc3)[C@@H](C)[C@@H](c3ccc(CO)cc3)O2)c1. The predicted molar refractivity (Wildman–Crippen MR) is 158 cm³/mol. The number of aliphatic hydroxyl groups is 2. The van der Waals surface area contributed by atoms with Crippen LogP contribution in [0.1, 0.15) is 54.6 Å². The summed E-state index contributed by atoms with van der Waals surface area (Å²) >= 11 is 0. The first kappa shape index (κ1) is 30.4. The van der Waals surface area contributed by atoms with Gasteiger partial charge < -0.3 is 24.4 Å². The lowest BCUT2D eigenvalue weighted by molar-refractivity contribution is -0.276. The molecule has 3 aromatic carbocycles. The Morgan fingerprint density at radius 3 is 2.49 bits per heavy atom. The molecule has 3 N–H and O–H groups in total. The molecule has 0 bridgehead atoms. The molecule has 0 aromatic heterocycles. The molecule has 3 aromatic rings. The topological polar surface area (TPSA) is 100 Å². The highest BCUT2D eigenvalue weighted by Gasteiger charge is 2.39. The average Bonchev–Trinajstić information content (AvgIpc) is 3.00. The Labute approximate surface area is 242 Å². The second-order valence-electron chi connectivity index (χ2n) is 10.5. The third-order valence-electron chi connectivity index (χ3n) is 7.62. The molecular formula is C33H40N2O6. The van der Waals surface area contributed by atoms with Crippen LogP contribution in [0.2, 0.25) is 0 Å². The van der Waals surface area contributed by atoms with Crippen molar-refractivity contribution in [3.05, 3.63) is 114 Å². The summed E-state index contributed by atoms with van der Waals surface area (Å²) in [5, 5.41) is 23.3. The standard InChI is InChI=1S/C33H40N2O6/c1-5-18-39-33(38)34-28-13-9-12-27(19-28)32-40-29(20-35(4)23(3)30(37)25-10-7-6-8-11-25)22(2)31(41-32)26-16-14-24(21-36)15-17-26/h5-17,19,22-23,29-32,36-37H,1,18,20-21H2,2-4H3,(H,34,38)/t22-,23-,29+,30-,31+,32+/m1/s1. The van der Waals surface area contributed by atoms with Gasteiger partial charge in [0.15, 0.2) is 6.29 Å². The van der Waals surface area contributed by atoms with E-state index in [4.69, 9.17) is 14.2 Å². The van der Waals surface area contributed by atoms with Crippen molar-refractivity contribution in [1.29, 1.82) is 0 Å². The second kappa shape index (κ2) is 14.4. The van der Waals surface area contributed by atoms with Crippen LogP contribution in [0.3, 0.4) is 0 Å². The summed E-state index contributed by atoms with van der Waals surface area (Å²) in [7, 11) is 1.99. The van der Waals surface area contributed by atoms with Crippen LogP contribution < -0.4 is 5.32 Å². The molecule has 0 radical (unpaired) electrons. The van der Waals surface area contributed by atoms with E-state index in [1.54, 1.807) is 6.07 Å². The Balaban J connectivity index is 1.57. The van der Waals surface area contributed by atoms with Crippen LogP contribution in [0.25, 0.3) is 0 Å². The monoisotopic (exact) mass is 560 g/mol. The fourth-order valence-corrected chi connectivity index (χ4v) is 5.00. The molecule has 0 unspecified atom stereocenters. The van der Waals surface area contributed by atoms with Crippen molar-refractivity contribution >= 4 is 11.8 Å². The van der Waals surface area contributed by atoms with E-state index in [0.29, 0.717) is 12.2 Å². The van der Waals surface area contributed by atoms with E-state index in [2.05, 4.69) is 23.7 Å². The van der Waals surface area contributed by atoms with Gasteiger partial charge in [0.05, 0.1) is 24.9 Å². The molecule has 1 amide bonds. The van der Waals surface area contributed by atoms with Crippen molar-refractivity contribution in [2.45, 2.75) is 51.1 Å². The molecule has 6 atom stereocenters. The molecule has 1 fully saturated rings. The van der Waals surface area contributed by atoms with E-state index in [0.717, 1.165) is 22.3 Å². The van der Waals surface area contributed by atoms with Crippen molar-refractivity contribution in [1.82, 2.24) is 4.90 Å². The van der Waals surface area contributed by atoms with Crippen LogP contribution in [0.15, 0.2) is 91.5 Å². The minimum Gasteiger partial charge on any atom is -0.445 e. The van der Waals surface area contributed by atoms with E-state index in [1.165, 1.54) is 6.08 Å². The van der Waals surface area contributed by atoms with Crippen molar-refractivity contribution < 1.29 is 29.2 Å². The van der Waals surface area contributed by atoms with Crippen LogP contribution in [-0.2, 0) is 20.8 Å². The molecule has 1 saturated heterocycles. The van der Waals surface area contributed by atoms with Crippen LogP contribution in [0, 0.1) is 5.92 Å². The molecule has 8 heteroatoms. The van der Waals surface area contributed by atoms with Crippen LogP contribution in [0.5, 0.6) is 0 Å². The maximum absolute atomic E-state index is 12.1. The maximum atomic E-state index is 12.1. The Bertz CT molecular complexity index is 1270. The number of ether oxygens (including phenoxy) is 3. The molecule has 0 aliphatic carbocycles. The normalized spacial score (nSPS) is 22.1. The Morgan fingerprint density at radius 2 is 1.80 bits per heavy atom. The zero-order chi connectivity index (χ0) is 29.4. The van der Waals surface area contributed by atoms with E-state index >= 15 is 0 Å². The second-order valence-corrected chi connectivity index (χ2v) is 10.5. The van der Waals surface area contributed by atoms with Crippen LogP contribution >= 0.6 is 0 Å². The zero-order valence-electron chi connectivity index (χ0n) is 23.9. The summed E-state index contributed by atoms with van der Waals surface area (Å²) in [6.07, 6.45) is -0.951. The lowest BCUT2D eigenvalue weighted by Crippen LogP contribution is -2.46. The largest absolute Gasteiger partial charge is 0.445 e. The number of aliphatic hydroxyl groups excluding tert-OH is 2. The van der Waals surface area contributed by atoms with Gasteiger partial charge in [0.1, 0.15) is 6.61 Å². The van der Waals surface area contributed by atoms with Gasteiger partial charge in [-0.05, 0) is 42.8 Å². The quantitative estimate of drug-likeness (QED) is 0.257. The Hall–Kier alpha value is -3.53. The molecular weight excluding hydrogens is 520 g/mol. The number of hydrogen-bond donors (Lipinski definition) is 3. The van der Waals surface area contributed by atoms with Gasteiger partial charge in [-0.2, -0.15) is 0 Å². The first-order chi connectivity index (χ1) is 19.8. The third-order valence-corrected chi connectivity index (χ3v) is 7.62. The van der Waals surface area contributed by atoms with Gasteiger partial charge in [-0.1, -0.05) is 86.3 Å². The van der Waals surface area contributed by atoms with Gasteiger partial charge in [-0.3, -0.25) is 10.2 Å². The minimum atomic E-state index is -0.701. The summed E-state index contributed by atoms with van der Waals surface area (Å²) in [6.45, 7) is 8.31. The number of likely N-dealkylation sites (N-methyl/N-ethyl adjacent to an activating group) is 1. The smallest absolute Gasteiger partial charge is 0.411 e. The minimum absolute atomic E-state index is 0.0232. The molecule has 1 aliphatic heterocycles. The van der Waals surface area contributed by atoms with E-state index < -0.39 is 18.5 Å². The molecule has 8 nitrogen and oxygen atoms in total. The fourth-order valence-electron chi connectivity index (χ4n) is 5.00. The zero-order valence-corrected chi connectivity index (χ0v) is 23.9. The van der Waals surface area contributed by atoms with Gasteiger partial charge in [-0.25, -0.2) is 4.79 Å². The predicted octanol–water partition coefficient (Wildman–Crippen LogP) is 5.76. The van der Waals surface area contributed by atoms with Crippen molar-refractivity contribution in [2.24, 2.45) is 5.92 Å². The molecule has 1 aliphatic rings. The number of carbonyl (C=O) groups is 1. The first-order valence-electron chi connectivity index (χ1n) is 13.9. The van der Waals surface area contributed by atoms with Crippen LogP contribution in [0.4, 0.5) is 10.5 Å². The molecule has 4 rings (SSSR count). The van der Waals surface area contributed by atoms with Gasteiger partial charge in [0.25, 0.3) is 0 Å². The number of anilines is 1. The van der Waals surface area contributed by atoms with Gasteiger partial charge >= 0.3 is 6.09 Å². The highest BCUT2D eigenvalue weighted by Crippen LogP contribution is 2.42. The van der Waals surface area contributed by atoms with Gasteiger partial charge in [0.2, 0.25) is 0 Å². The average molecular weight is 561 g/mol. The molecule has 218 valence electrons. The number of amides is 1. The van der Waals surface area contributed by atoms with Crippen molar-refractivity contribution in [3.63, 3.8) is 0 Å². The summed E-state index contributed by atoms with van der Waals surface area (Å²) in [4.78, 5) is 14.2. The first-order valence-corrected chi connectivity index (χ1v) is 13.9. The highest BCUT2D eigenvalue weighted by molar-refractivity contribution is 5.84. The molecule has 1 heterocycles. The van der Waals surface area contributed by atoms with Crippen LogP contribution in [-0.4, -0.2) is 53.6 Å². The number of benzene rings is 3. The summed E-state index contributed by atoms with van der Waals surface area (Å²) in [5.74, 6) is -0.0232. The lowest BCUT2D eigenvalue weighted by atomic mass is 9.89. The highest BCUT2D eigenvalue weighted by atomic mass is 16.7. The summed E-state index contributed by atoms with van der Waals surface area (Å²) < 4.78 is 18.2. The maximum Gasteiger partial charge on any atom is 0.411 e. The summed E-state index contributed by atoms with van der Waals surface area (Å²) in [6, 6.07) is 24.5. The summed E-state index contributed by atoms with van der Waals surface area (Å²) in [5.41, 5.74) is 3.98. The molecule has 0 saturated carbocycles. The fraction of sp³-hybridized carbons (Fsp3) is 0.364. The number of rotatable bonds is 11. The Morgan fingerprint density at radius 1 is 1.07 bits per heavy atom. The third kappa shape index (κ3) is 7.81. The van der Waals surface area contributed by atoms with Crippen molar-refractivity contribution in [2.75, 3.05) is 25.5 Å². The van der Waals surface area contributed by atoms with Gasteiger partial charge in [0, 0.05) is 29.8 Å². The van der Waals surface area contributed by atoms with E-state index in [9.17, 15) is 15.0 Å². The van der Waals surface area contributed by atoms with Gasteiger partial charge in [-0.15, -0.1) is 0 Å². The number of hydrogen-bond acceptors (Lipinski definition) is 7. The Kier molecular flexibility index (Phi) is 10.7. The number of nitrogens with zero attached hydrogens (tertiary/aromatic N) is 1. The van der Waals surface area contributed by atoms with Crippen molar-refractivity contribution in [3.8, 4) is 0 Å². The molecule has 0 spiro atoms. The van der Waals surface area contributed by atoms with E-state index in [1.807, 2.05) is 86.8 Å². The lowest BCUT2D eigenvalue weighted by Gasteiger charge is -2.43. The number of carbonyl (C=O) groups excluding carboxylic acids is 1. The number of nitrogens with one attached hydrogen (secondary N) is 1. The van der Waals surface area contributed by atoms with E-state index in [-0.39, 0.29) is 37.4 Å².